The Labute approximate surface area is 188 Å². The lowest BCUT2D eigenvalue weighted by molar-refractivity contribution is -0.0846. The lowest BCUT2D eigenvalue weighted by atomic mass is 9.97. The van der Waals surface area contributed by atoms with Crippen molar-refractivity contribution >= 4 is 5.91 Å². The maximum absolute atomic E-state index is 13.5. The normalized spacial score (nSPS) is 17.4. The third kappa shape index (κ3) is 4.66. The van der Waals surface area contributed by atoms with Gasteiger partial charge >= 0.3 is 0 Å². The molecule has 0 aliphatic carbocycles. The molecule has 162 valence electrons. The van der Waals surface area contributed by atoms with Crippen LogP contribution in [0.3, 0.4) is 0 Å². The summed E-state index contributed by atoms with van der Waals surface area (Å²) in [5.74, 6) is 0.538. The quantitative estimate of drug-likeness (QED) is 0.567. The highest BCUT2D eigenvalue weighted by molar-refractivity contribution is 5.95. The van der Waals surface area contributed by atoms with Gasteiger partial charge < -0.3 is 14.4 Å². The topological polar surface area (TPSA) is 62.6 Å². The summed E-state index contributed by atoms with van der Waals surface area (Å²) in [6.07, 6.45) is -0.157. The van der Waals surface area contributed by atoms with Crippen LogP contribution < -0.4 is 4.74 Å². The maximum Gasteiger partial charge on any atom is 0.254 e. The van der Waals surface area contributed by atoms with Gasteiger partial charge in [-0.25, -0.2) is 0 Å². The molecule has 3 aromatic carbocycles. The van der Waals surface area contributed by atoms with Gasteiger partial charge in [-0.3, -0.25) is 4.79 Å². The van der Waals surface area contributed by atoms with E-state index < -0.39 is 5.54 Å². The summed E-state index contributed by atoms with van der Waals surface area (Å²) in [5.41, 5.74) is 2.60. The van der Waals surface area contributed by atoms with Crippen LogP contribution >= 0.6 is 0 Å². The number of benzene rings is 3. The molecule has 5 nitrogen and oxygen atoms in total. The van der Waals surface area contributed by atoms with Crippen molar-refractivity contribution in [3.8, 4) is 11.8 Å². The van der Waals surface area contributed by atoms with Gasteiger partial charge in [-0.2, -0.15) is 5.26 Å². The minimum atomic E-state index is -0.426. The molecule has 0 N–H and O–H groups in total. The van der Waals surface area contributed by atoms with Gasteiger partial charge in [0.1, 0.15) is 18.5 Å². The van der Waals surface area contributed by atoms with Gasteiger partial charge in [-0.05, 0) is 43.7 Å². The van der Waals surface area contributed by atoms with E-state index in [1.54, 1.807) is 12.1 Å². The predicted molar refractivity (Wildman–Crippen MR) is 122 cm³/mol. The van der Waals surface area contributed by atoms with Gasteiger partial charge in [-0.15, -0.1) is 0 Å². The zero-order valence-electron chi connectivity index (χ0n) is 18.3. The van der Waals surface area contributed by atoms with Gasteiger partial charge in [0, 0.05) is 11.1 Å². The number of nitriles is 1. The molecule has 0 spiro atoms. The van der Waals surface area contributed by atoms with Crippen molar-refractivity contribution in [3.63, 3.8) is 0 Å². The Hall–Kier alpha value is -3.62. The number of nitrogens with zero attached hydrogens (tertiary/aromatic N) is 2. The highest BCUT2D eigenvalue weighted by atomic mass is 16.5. The Morgan fingerprint density at radius 1 is 1.09 bits per heavy atom. The van der Waals surface area contributed by atoms with E-state index in [2.05, 4.69) is 6.07 Å². The molecule has 4 rings (SSSR count). The molecule has 1 saturated heterocycles. The molecular formula is C27H26N2O3. The highest BCUT2D eigenvalue weighted by Crippen LogP contribution is 2.32. The fourth-order valence-electron chi connectivity index (χ4n) is 3.87. The summed E-state index contributed by atoms with van der Waals surface area (Å²) in [6, 6.07) is 26.7. The van der Waals surface area contributed by atoms with Crippen molar-refractivity contribution in [2.75, 3.05) is 13.2 Å². The highest BCUT2D eigenvalue weighted by Gasteiger charge is 2.39. The van der Waals surface area contributed by atoms with Crippen LogP contribution in [-0.2, 0) is 11.3 Å². The molecule has 0 aromatic heterocycles. The number of hydrogen-bond donors (Lipinski definition) is 0. The smallest absolute Gasteiger partial charge is 0.254 e. The van der Waals surface area contributed by atoms with Crippen molar-refractivity contribution < 1.29 is 14.3 Å². The van der Waals surface area contributed by atoms with Crippen LogP contribution in [0.4, 0.5) is 0 Å². The molecule has 1 aliphatic rings. The Morgan fingerprint density at radius 2 is 1.84 bits per heavy atom. The minimum absolute atomic E-state index is 0.0536. The Morgan fingerprint density at radius 3 is 2.62 bits per heavy atom. The number of amides is 1. The number of carbonyl (C=O) groups excluding carboxylic acids is 1. The molecule has 1 unspecified atom stereocenters. The molecule has 0 radical (unpaired) electrons. The van der Waals surface area contributed by atoms with Crippen molar-refractivity contribution in [3.05, 3.63) is 101 Å². The Bertz CT molecular complexity index is 1130. The summed E-state index contributed by atoms with van der Waals surface area (Å²) in [6.45, 7) is 5.24. The largest absolute Gasteiger partial charge is 0.489 e. The van der Waals surface area contributed by atoms with Crippen molar-refractivity contribution in [2.24, 2.45) is 0 Å². The van der Waals surface area contributed by atoms with Crippen LogP contribution in [0.1, 0.15) is 47.0 Å². The number of morpholine rings is 1. The predicted octanol–water partition coefficient (Wildman–Crippen LogP) is 5.13. The number of rotatable bonds is 5. The zero-order chi connectivity index (χ0) is 22.6. The van der Waals surface area contributed by atoms with E-state index in [9.17, 15) is 10.1 Å². The molecular weight excluding hydrogens is 400 g/mol. The molecule has 0 bridgehead atoms. The second-order valence-corrected chi connectivity index (χ2v) is 8.52. The summed E-state index contributed by atoms with van der Waals surface area (Å²) in [4.78, 5) is 15.4. The first-order chi connectivity index (χ1) is 15.5. The van der Waals surface area contributed by atoms with Gasteiger partial charge in [0.25, 0.3) is 5.91 Å². The van der Waals surface area contributed by atoms with E-state index in [4.69, 9.17) is 9.47 Å². The second kappa shape index (κ2) is 9.25. The average molecular weight is 427 g/mol. The van der Waals surface area contributed by atoms with Crippen LogP contribution in [0.25, 0.3) is 0 Å². The van der Waals surface area contributed by atoms with Crippen LogP contribution in [0, 0.1) is 11.3 Å². The summed E-state index contributed by atoms with van der Waals surface area (Å²) in [5, 5.41) is 9.26. The standard InChI is InChI=1S/C27H26N2O3/c1-27(2)19-32-25(20-9-4-3-5-10-20)17-29(27)26(30)21-13-8-14-24(15-21)31-18-23-12-7-6-11-22(23)16-28/h3-15,25H,17-19H2,1-2H3. The fraction of sp³-hybridized carbons (Fsp3) is 0.259. The van der Waals surface area contributed by atoms with E-state index in [1.165, 1.54) is 0 Å². The minimum Gasteiger partial charge on any atom is -0.489 e. The van der Waals surface area contributed by atoms with Crippen LogP contribution in [-0.4, -0.2) is 29.5 Å². The third-order valence-corrected chi connectivity index (χ3v) is 5.75. The van der Waals surface area contributed by atoms with Gasteiger partial charge in [-0.1, -0.05) is 54.6 Å². The van der Waals surface area contributed by atoms with E-state index in [-0.39, 0.29) is 18.6 Å². The third-order valence-electron chi connectivity index (χ3n) is 5.75. The lowest BCUT2D eigenvalue weighted by Gasteiger charge is -2.45. The zero-order valence-corrected chi connectivity index (χ0v) is 18.3. The summed E-state index contributed by atoms with van der Waals surface area (Å²) in [7, 11) is 0. The summed E-state index contributed by atoms with van der Waals surface area (Å²) >= 11 is 0. The van der Waals surface area contributed by atoms with E-state index in [0.717, 1.165) is 11.1 Å². The molecule has 5 heteroatoms. The maximum atomic E-state index is 13.5. The Balaban J connectivity index is 1.51. The van der Waals surface area contributed by atoms with Crippen molar-refractivity contribution in [2.45, 2.75) is 32.1 Å². The van der Waals surface area contributed by atoms with Crippen molar-refractivity contribution in [1.82, 2.24) is 4.90 Å². The molecule has 1 amide bonds. The molecule has 1 atom stereocenters. The average Bonchev–Trinajstić information content (AvgIpc) is 2.83. The van der Waals surface area contributed by atoms with Crippen LogP contribution in [0.5, 0.6) is 5.75 Å². The first kappa shape index (κ1) is 21.6. The molecule has 32 heavy (non-hydrogen) atoms. The SMILES string of the molecule is CC1(C)COC(c2ccccc2)CN1C(=O)c1cccc(OCc2ccccc2C#N)c1. The van der Waals surface area contributed by atoms with E-state index >= 15 is 0 Å². The lowest BCUT2D eigenvalue weighted by Crippen LogP contribution is -2.56. The van der Waals surface area contributed by atoms with Crippen LogP contribution in [0.15, 0.2) is 78.9 Å². The molecule has 1 aliphatic heterocycles. The van der Waals surface area contributed by atoms with Crippen LogP contribution in [0.2, 0.25) is 0 Å². The van der Waals surface area contributed by atoms with Gasteiger partial charge in [0.15, 0.2) is 0 Å². The monoisotopic (exact) mass is 426 g/mol. The molecule has 1 fully saturated rings. The van der Waals surface area contributed by atoms with Gasteiger partial charge in [0.2, 0.25) is 0 Å². The number of carbonyl (C=O) groups is 1. The molecule has 0 saturated carbocycles. The first-order valence-electron chi connectivity index (χ1n) is 10.7. The molecule has 1 heterocycles. The second-order valence-electron chi connectivity index (χ2n) is 8.52. The number of ether oxygens (including phenoxy) is 2. The summed E-state index contributed by atoms with van der Waals surface area (Å²) < 4.78 is 12.0. The molecule has 3 aromatic rings. The van der Waals surface area contributed by atoms with E-state index in [0.29, 0.717) is 30.0 Å². The van der Waals surface area contributed by atoms with Gasteiger partial charge in [0.05, 0.1) is 30.3 Å². The number of hydrogen-bond acceptors (Lipinski definition) is 4. The Kier molecular flexibility index (Phi) is 6.25. The van der Waals surface area contributed by atoms with E-state index in [1.807, 2.05) is 85.5 Å². The van der Waals surface area contributed by atoms with Crippen molar-refractivity contribution in [1.29, 1.82) is 5.26 Å². The first-order valence-corrected chi connectivity index (χ1v) is 10.7. The fourth-order valence-corrected chi connectivity index (χ4v) is 3.87.